The predicted octanol–water partition coefficient (Wildman–Crippen LogP) is 3.19. The lowest BCUT2D eigenvalue weighted by Crippen LogP contribution is -2.31. The summed E-state index contributed by atoms with van der Waals surface area (Å²) in [4.78, 5) is 12.3. The molecular weight excluding hydrogens is 312 g/mol. The molecule has 0 radical (unpaired) electrons. The summed E-state index contributed by atoms with van der Waals surface area (Å²) < 4.78 is 8.01. The van der Waals surface area contributed by atoms with Crippen LogP contribution in [0.25, 0.3) is 0 Å². The van der Waals surface area contributed by atoms with Crippen LogP contribution in [0.2, 0.25) is 0 Å². The maximum Gasteiger partial charge on any atom is 0.227 e. The molecule has 126 valence electrons. The van der Waals surface area contributed by atoms with Gasteiger partial charge in [-0.05, 0) is 39.1 Å². The molecule has 0 unspecified atom stereocenters. The van der Waals surface area contributed by atoms with Gasteiger partial charge in [-0.3, -0.25) is 9.89 Å². The lowest BCUT2D eigenvalue weighted by atomic mass is 10.0. The molecule has 0 spiro atoms. The molecule has 2 N–H and O–H groups in total. The van der Waals surface area contributed by atoms with E-state index in [0.29, 0.717) is 17.9 Å². The third-order valence-electron chi connectivity index (χ3n) is 3.88. The van der Waals surface area contributed by atoms with Crippen LogP contribution in [0.4, 0.5) is 0 Å². The molecule has 0 saturated heterocycles. The molecule has 6 nitrogen and oxygen atoms in total. The van der Waals surface area contributed by atoms with Crippen molar-refractivity contribution in [1.29, 1.82) is 0 Å². The Labute approximate surface area is 141 Å². The number of hydrogen-bond donors (Lipinski definition) is 2. The first-order chi connectivity index (χ1) is 10.8. The quantitative estimate of drug-likeness (QED) is 0.794. The van der Waals surface area contributed by atoms with Crippen LogP contribution in [-0.2, 0) is 11.3 Å². The summed E-state index contributed by atoms with van der Waals surface area (Å²) in [7, 11) is 0. The van der Waals surface area contributed by atoms with Crippen molar-refractivity contribution in [3.8, 4) is 0 Å². The third-order valence-corrected chi connectivity index (χ3v) is 4.19. The van der Waals surface area contributed by atoms with Crippen molar-refractivity contribution in [1.82, 2.24) is 20.1 Å². The fourth-order valence-corrected chi connectivity index (χ4v) is 2.88. The summed E-state index contributed by atoms with van der Waals surface area (Å²) in [5, 5.41) is 10.00. The van der Waals surface area contributed by atoms with Crippen molar-refractivity contribution in [2.75, 3.05) is 6.54 Å². The Morgan fingerprint density at radius 3 is 2.70 bits per heavy atom. The molecule has 23 heavy (non-hydrogen) atoms. The van der Waals surface area contributed by atoms with Gasteiger partial charge in [-0.1, -0.05) is 13.8 Å². The zero-order chi connectivity index (χ0) is 17.1. The minimum Gasteiger partial charge on any atom is -0.466 e. The normalized spacial score (nSPS) is 12.6. The monoisotopic (exact) mass is 336 g/mol. The number of hydrogen-bond acceptors (Lipinski definition) is 4. The topological polar surface area (TPSA) is 75.8 Å². The van der Waals surface area contributed by atoms with E-state index in [1.54, 1.807) is 0 Å². The molecule has 0 fully saturated rings. The summed E-state index contributed by atoms with van der Waals surface area (Å²) in [5.74, 6) is 2.53. The Morgan fingerprint density at radius 1 is 1.43 bits per heavy atom. The summed E-state index contributed by atoms with van der Waals surface area (Å²) in [6.45, 7) is 10.9. The number of carbonyl (C=O) groups is 1. The van der Waals surface area contributed by atoms with Gasteiger partial charge in [-0.25, -0.2) is 0 Å². The molecule has 2 heterocycles. The average Bonchev–Trinajstić information content (AvgIpc) is 3.01. The van der Waals surface area contributed by atoms with Gasteiger partial charge in [0, 0.05) is 24.6 Å². The van der Waals surface area contributed by atoms with Gasteiger partial charge in [0.25, 0.3) is 0 Å². The molecule has 0 aliphatic rings. The van der Waals surface area contributed by atoms with Crippen molar-refractivity contribution in [2.24, 2.45) is 0 Å². The number of furan rings is 1. The molecule has 0 saturated carbocycles. The molecule has 2 aromatic rings. The zero-order valence-electron chi connectivity index (χ0n) is 14.3. The van der Waals surface area contributed by atoms with E-state index in [1.165, 1.54) is 0 Å². The Hall–Kier alpha value is -1.89. The summed E-state index contributed by atoms with van der Waals surface area (Å²) >= 11 is 5.24. The number of carbonyl (C=O) groups excluding carboxylic acids is 1. The van der Waals surface area contributed by atoms with E-state index in [4.69, 9.17) is 16.6 Å². The van der Waals surface area contributed by atoms with Gasteiger partial charge >= 0.3 is 0 Å². The number of H-pyrrole nitrogens is 1. The van der Waals surface area contributed by atoms with Crippen molar-refractivity contribution < 1.29 is 9.21 Å². The largest absolute Gasteiger partial charge is 0.466 e. The standard InChI is InChI=1S/C16H24N4O2S/c1-9(2)14-18-19-16(23)20(14)7-6-17-15(21)11(4)13-8-10(3)22-12(13)5/h8-9,11H,6-7H2,1-5H3,(H,17,21)(H,19,23)/t11-/m0/s1. The Kier molecular flexibility index (Phi) is 5.41. The van der Waals surface area contributed by atoms with Gasteiger partial charge in [-0.2, -0.15) is 5.10 Å². The van der Waals surface area contributed by atoms with E-state index in [1.807, 2.05) is 31.4 Å². The van der Waals surface area contributed by atoms with Crippen LogP contribution < -0.4 is 5.32 Å². The molecule has 1 amide bonds. The molecule has 2 aromatic heterocycles. The van der Waals surface area contributed by atoms with Crippen LogP contribution in [0.3, 0.4) is 0 Å². The second-order valence-corrected chi connectivity index (χ2v) is 6.46. The van der Waals surface area contributed by atoms with Gasteiger partial charge in [0.1, 0.15) is 17.3 Å². The highest BCUT2D eigenvalue weighted by atomic mass is 32.1. The van der Waals surface area contributed by atoms with Gasteiger partial charge < -0.3 is 14.3 Å². The smallest absolute Gasteiger partial charge is 0.227 e. The molecule has 1 atom stereocenters. The van der Waals surface area contributed by atoms with Gasteiger partial charge in [0.05, 0.1) is 5.92 Å². The van der Waals surface area contributed by atoms with E-state index in [9.17, 15) is 4.79 Å². The van der Waals surface area contributed by atoms with Crippen LogP contribution in [0.5, 0.6) is 0 Å². The van der Waals surface area contributed by atoms with Crippen LogP contribution in [0.1, 0.15) is 55.5 Å². The number of nitrogens with one attached hydrogen (secondary N) is 2. The minimum atomic E-state index is -0.241. The minimum absolute atomic E-state index is 0.0185. The molecule has 7 heteroatoms. The number of aromatic amines is 1. The Morgan fingerprint density at radius 2 is 2.13 bits per heavy atom. The van der Waals surface area contributed by atoms with Crippen LogP contribution >= 0.6 is 12.2 Å². The van der Waals surface area contributed by atoms with Gasteiger partial charge in [-0.15, -0.1) is 0 Å². The molecule has 2 rings (SSSR count). The van der Waals surface area contributed by atoms with Gasteiger partial charge in [0.2, 0.25) is 5.91 Å². The molecule has 0 aromatic carbocycles. The van der Waals surface area contributed by atoms with Crippen LogP contribution in [0, 0.1) is 18.6 Å². The van der Waals surface area contributed by atoms with Crippen LogP contribution in [0.15, 0.2) is 10.5 Å². The SMILES string of the molecule is Cc1cc([C@H](C)C(=O)NCCn2c(C(C)C)n[nH]c2=S)c(C)o1. The fraction of sp³-hybridized carbons (Fsp3) is 0.562. The van der Waals surface area contributed by atoms with Crippen LogP contribution in [-0.4, -0.2) is 27.2 Å². The number of aryl methyl sites for hydroxylation is 2. The first-order valence-electron chi connectivity index (χ1n) is 7.81. The molecule has 0 aliphatic carbocycles. The highest BCUT2D eigenvalue weighted by Crippen LogP contribution is 2.23. The van der Waals surface area contributed by atoms with E-state index in [0.717, 1.165) is 22.9 Å². The fourth-order valence-electron chi connectivity index (χ4n) is 2.65. The van der Waals surface area contributed by atoms with Crippen molar-refractivity contribution in [3.63, 3.8) is 0 Å². The van der Waals surface area contributed by atoms with Crippen molar-refractivity contribution >= 4 is 18.1 Å². The number of amides is 1. The summed E-state index contributed by atoms with van der Waals surface area (Å²) in [6.07, 6.45) is 0. The Bertz CT molecular complexity index is 742. The predicted molar refractivity (Wildman–Crippen MR) is 91.1 cm³/mol. The first-order valence-corrected chi connectivity index (χ1v) is 8.21. The first kappa shape index (κ1) is 17.5. The molecular formula is C16H24N4O2S. The maximum atomic E-state index is 12.3. The number of rotatable bonds is 6. The number of nitrogens with zero attached hydrogens (tertiary/aromatic N) is 2. The highest BCUT2D eigenvalue weighted by Gasteiger charge is 2.20. The lowest BCUT2D eigenvalue weighted by Gasteiger charge is -2.13. The van der Waals surface area contributed by atoms with Crippen molar-refractivity contribution in [2.45, 2.75) is 53.0 Å². The van der Waals surface area contributed by atoms with E-state index >= 15 is 0 Å². The maximum absolute atomic E-state index is 12.3. The van der Waals surface area contributed by atoms with Crippen molar-refractivity contribution in [3.05, 3.63) is 33.7 Å². The second-order valence-electron chi connectivity index (χ2n) is 6.07. The summed E-state index contributed by atoms with van der Waals surface area (Å²) in [5.41, 5.74) is 0.933. The van der Waals surface area contributed by atoms with E-state index in [2.05, 4.69) is 29.4 Å². The lowest BCUT2D eigenvalue weighted by molar-refractivity contribution is -0.122. The third kappa shape index (κ3) is 3.90. The second kappa shape index (κ2) is 7.12. The molecule has 0 aliphatic heterocycles. The average molecular weight is 336 g/mol. The molecule has 0 bridgehead atoms. The van der Waals surface area contributed by atoms with Gasteiger partial charge in [0.15, 0.2) is 4.77 Å². The Balaban J connectivity index is 1.96. The highest BCUT2D eigenvalue weighted by molar-refractivity contribution is 7.71. The summed E-state index contributed by atoms with van der Waals surface area (Å²) in [6, 6.07) is 1.92. The van der Waals surface area contributed by atoms with E-state index in [-0.39, 0.29) is 17.7 Å². The zero-order valence-corrected chi connectivity index (χ0v) is 15.1. The number of aromatic nitrogens is 3. The van der Waals surface area contributed by atoms with E-state index < -0.39 is 0 Å².